The molecule has 2 atom stereocenters. The van der Waals surface area contributed by atoms with Crippen LogP contribution >= 0.6 is 0 Å². The third-order valence-corrected chi connectivity index (χ3v) is 8.23. The second-order valence-electron chi connectivity index (χ2n) is 6.08. The number of hydrogen-bond donors (Lipinski definition) is 0. The Morgan fingerprint density at radius 2 is 2.00 bits per heavy atom. The summed E-state index contributed by atoms with van der Waals surface area (Å²) < 4.78 is 11.6. The van der Waals surface area contributed by atoms with Crippen LogP contribution in [0.1, 0.15) is 33.6 Å². The standard InChI is InChI=1S/C12H24O3Si/c1-12(2,3)16(4,5)14-9-11-7-6-10(8-13)15-11/h8,10-11H,6-7,9H2,1-5H3/t10-,11-/m0/s1. The van der Waals surface area contributed by atoms with E-state index in [1.165, 1.54) is 0 Å². The summed E-state index contributed by atoms with van der Waals surface area (Å²) in [5.41, 5.74) is 0. The second-order valence-corrected chi connectivity index (χ2v) is 10.9. The van der Waals surface area contributed by atoms with E-state index < -0.39 is 8.32 Å². The van der Waals surface area contributed by atoms with E-state index in [1.54, 1.807) is 0 Å². The first-order valence-electron chi connectivity index (χ1n) is 6.01. The molecule has 0 amide bonds. The van der Waals surface area contributed by atoms with E-state index in [1.807, 2.05) is 0 Å². The number of carbonyl (C=O) groups is 1. The molecular weight excluding hydrogens is 220 g/mol. The van der Waals surface area contributed by atoms with E-state index >= 15 is 0 Å². The van der Waals surface area contributed by atoms with Crippen LogP contribution < -0.4 is 0 Å². The number of ether oxygens (including phenoxy) is 1. The molecule has 94 valence electrons. The van der Waals surface area contributed by atoms with Gasteiger partial charge in [-0.1, -0.05) is 20.8 Å². The summed E-state index contributed by atoms with van der Waals surface area (Å²) in [6.07, 6.45) is 2.59. The Labute approximate surface area is 99.6 Å². The Morgan fingerprint density at radius 3 is 2.44 bits per heavy atom. The zero-order valence-corrected chi connectivity index (χ0v) is 12.1. The number of hydrogen-bond acceptors (Lipinski definition) is 3. The highest BCUT2D eigenvalue weighted by Gasteiger charge is 2.38. The van der Waals surface area contributed by atoms with Gasteiger partial charge in [0.15, 0.2) is 8.32 Å². The Hall–Kier alpha value is -0.193. The maximum atomic E-state index is 10.6. The van der Waals surface area contributed by atoms with Crippen LogP contribution in [0.25, 0.3) is 0 Å². The van der Waals surface area contributed by atoms with Crippen molar-refractivity contribution in [3.05, 3.63) is 0 Å². The van der Waals surface area contributed by atoms with E-state index in [0.717, 1.165) is 19.1 Å². The first-order chi connectivity index (χ1) is 7.26. The lowest BCUT2D eigenvalue weighted by molar-refractivity contribution is -0.118. The number of carbonyl (C=O) groups excluding carboxylic acids is 1. The lowest BCUT2D eigenvalue weighted by Crippen LogP contribution is -2.42. The largest absolute Gasteiger partial charge is 0.414 e. The van der Waals surface area contributed by atoms with Gasteiger partial charge in [-0.3, -0.25) is 0 Å². The number of rotatable bonds is 4. The number of aldehydes is 1. The van der Waals surface area contributed by atoms with E-state index in [9.17, 15) is 4.79 Å². The molecule has 0 spiro atoms. The maximum Gasteiger partial charge on any atom is 0.192 e. The summed E-state index contributed by atoms with van der Waals surface area (Å²) in [5.74, 6) is 0. The fourth-order valence-corrected chi connectivity index (χ4v) is 2.51. The van der Waals surface area contributed by atoms with E-state index in [4.69, 9.17) is 9.16 Å². The fraction of sp³-hybridized carbons (Fsp3) is 0.917. The molecule has 1 saturated heterocycles. The smallest absolute Gasteiger partial charge is 0.192 e. The quantitative estimate of drug-likeness (QED) is 0.563. The molecule has 0 saturated carbocycles. The van der Waals surface area contributed by atoms with Gasteiger partial charge in [-0.2, -0.15) is 0 Å². The monoisotopic (exact) mass is 244 g/mol. The Kier molecular flexibility index (Phi) is 4.32. The molecule has 3 nitrogen and oxygen atoms in total. The van der Waals surface area contributed by atoms with E-state index in [-0.39, 0.29) is 17.2 Å². The predicted octanol–water partition coefficient (Wildman–Crippen LogP) is 2.75. The molecule has 0 aliphatic carbocycles. The van der Waals surface area contributed by atoms with Crippen LogP contribution in [0, 0.1) is 0 Å². The maximum absolute atomic E-state index is 10.6. The molecule has 16 heavy (non-hydrogen) atoms. The van der Waals surface area contributed by atoms with Crippen molar-refractivity contribution in [3.63, 3.8) is 0 Å². The molecule has 0 unspecified atom stereocenters. The van der Waals surface area contributed by atoms with Crippen molar-refractivity contribution in [3.8, 4) is 0 Å². The van der Waals surface area contributed by atoms with Gasteiger partial charge in [0.25, 0.3) is 0 Å². The van der Waals surface area contributed by atoms with Crippen LogP contribution in [-0.4, -0.2) is 33.4 Å². The minimum absolute atomic E-state index is 0.115. The summed E-state index contributed by atoms with van der Waals surface area (Å²) in [7, 11) is -1.67. The van der Waals surface area contributed by atoms with E-state index in [2.05, 4.69) is 33.9 Å². The third-order valence-electron chi connectivity index (χ3n) is 3.73. The summed E-state index contributed by atoms with van der Waals surface area (Å²) >= 11 is 0. The van der Waals surface area contributed by atoms with Crippen molar-refractivity contribution in [1.29, 1.82) is 0 Å². The van der Waals surface area contributed by atoms with Gasteiger partial charge >= 0.3 is 0 Å². The molecule has 0 aromatic heterocycles. The minimum Gasteiger partial charge on any atom is -0.414 e. The van der Waals surface area contributed by atoms with Gasteiger partial charge < -0.3 is 14.0 Å². The average Bonchev–Trinajstić information content (AvgIpc) is 2.60. The first-order valence-corrected chi connectivity index (χ1v) is 8.92. The summed E-state index contributed by atoms with van der Waals surface area (Å²) in [6, 6.07) is 0. The Morgan fingerprint density at radius 1 is 1.38 bits per heavy atom. The van der Waals surface area contributed by atoms with Gasteiger partial charge in [0.05, 0.1) is 12.7 Å². The summed E-state index contributed by atoms with van der Waals surface area (Å²) in [4.78, 5) is 10.6. The Bertz CT molecular complexity index is 245. The van der Waals surface area contributed by atoms with Crippen molar-refractivity contribution >= 4 is 14.6 Å². The van der Waals surface area contributed by atoms with Crippen LogP contribution in [0.4, 0.5) is 0 Å². The minimum atomic E-state index is -1.67. The third kappa shape index (κ3) is 3.40. The molecule has 1 aliphatic heterocycles. The first kappa shape index (κ1) is 13.9. The molecule has 0 bridgehead atoms. The highest BCUT2D eigenvalue weighted by atomic mass is 28.4. The molecule has 1 fully saturated rings. The van der Waals surface area contributed by atoms with Gasteiger partial charge in [-0.25, -0.2) is 0 Å². The Balaban J connectivity index is 2.38. The molecule has 1 rings (SSSR count). The van der Waals surface area contributed by atoms with Crippen molar-refractivity contribution in [2.75, 3.05) is 6.61 Å². The molecule has 1 heterocycles. The zero-order valence-electron chi connectivity index (χ0n) is 11.1. The molecule has 0 N–H and O–H groups in total. The topological polar surface area (TPSA) is 35.5 Å². The van der Waals surface area contributed by atoms with Crippen LogP contribution in [-0.2, 0) is 14.0 Å². The molecule has 1 aliphatic rings. The lowest BCUT2D eigenvalue weighted by Gasteiger charge is -2.36. The van der Waals surface area contributed by atoms with Crippen LogP contribution in [0.3, 0.4) is 0 Å². The fourth-order valence-electron chi connectivity index (χ4n) is 1.47. The summed E-state index contributed by atoms with van der Waals surface area (Å²) in [5, 5.41) is 0.232. The van der Waals surface area contributed by atoms with Crippen molar-refractivity contribution in [1.82, 2.24) is 0 Å². The van der Waals surface area contributed by atoms with Gasteiger partial charge in [-0.15, -0.1) is 0 Å². The van der Waals surface area contributed by atoms with Gasteiger partial charge in [0, 0.05) is 0 Å². The molecule has 0 aromatic rings. The molecule has 0 aromatic carbocycles. The van der Waals surface area contributed by atoms with Crippen LogP contribution in [0.2, 0.25) is 18.1 Å². The molecule has 4 heteroatoms. The molecule has 0 radical (unpaired) electrons. The van der Waals surface area contributed by atoms with Crippen molar-refractivity contribution < 1.29 is 14.0 Å². The van der Waals surface area contributed by atoms with Crippen molar-refractivity contribution in [2.24, 2.45) is 0 Å². The summed E-state index contributed by atoms with van der Waals surface area (Å²) in [6.45, 7) is 11.8. The van der Waals surface area contributed by atoms with E-state index in [0.29, 0.717) is 6.61 Å². The zero-order chi connectivity index (χ0) is 12.4. The molecular formula is C12H24O3Si. The highest BCUT2D eigenvalue weighted by Crippen LogP contribution is 2.37. The van der Waals surface area contributed by atoms with Gasteiger partial charge in [0.1, 0.15) is 12.4 Å². The lowest BCUT2D eigenvalue weighted by atomic mass is 10.2. The predicted molar refractivity (Wildman–Crippen MR) is 67.1 cm³/mol. The normalized spacial score (nSPS) is 27.1. The second kappa shape index (κ2) is 4.98. The van der Waals surface area contributed by atoms with Crippen LogP contribution in [0.15, 0.2) is 0 Å². The SMILES string of the molecule is CC(C)(C)[Si](C)(C)OC[C@@H]1CC[C@@H](C=O)O1. The average molecular weight is 244 g/mol. The highest BCUT2D eigenvalue weighted by molar-refractivity contribution is 6.74. The van der Waals surface area contributed by atoms with Gasteiger partial charge in [0.2, 0.25) is 0 Å². The van der Waals surface area contributed by atoms with Gasteiger partial charge in [-0.05, 0) is 31.0 Å². The van der Waals surface area contributed by atoms with Crippen LogP contribution in [0.5, 0.6) is 0 Å². The van der Waals surface area contributed by atoms with Crippen molar-refractivity contribution in [2.45, 2.75) is 64.0 Å².